The van der Waals surface area contributed by atoms with Crippen molar-refractivity contribution >= 4 is 35.3 Å². The normalized spacial score (nSPS) is 12.4. The Morgan fingerprint density at radius 3 is 2.30 bits per heavy atom. The Balaban J connectivity index is 0.00000119. The number of fused-ring (bicyclic) bond motifs is 1. The fraction of sp³-hybridized carbons (Fsp3) is 0.233. The molecule has 1 aliphatic heterocycles. The van der Waals surface area contributed by atoms with Crippen molar-refractivity contribution < 1.29 is 38.1 Å². The minimum atomic E-state index is -1.26. The second-order valence-electron chi connectivity index (χ2n) is 9.35. The number of carbonyl (C=O) groups is 4. The number of nitrogens with zero attached hydrogens (tertiary/aromatic N) is 1. The van der Waals surface area contributed by atoms with Crippen molar-refractivity contribution in [1.29, 1.82) is 5.41 Å². The highest BCUT2D eigenvalue weighted by Gasteiger charge is 2.37. The Kier molecular flexibility index (Phi) is 10.9. The molecule has 1 unspecified atom stereocenters. The Morgan fingerprint density at radius 1 is 1.07 bits per heavy atom. The lowest BCUT2D eigenvalue weighted by Crippen LogP contribution is -2.48. The summed E-state index contributed by atoms with van der Waals surface area (Å²) in [4.78, 5) is 47.7. The summed E-state index contributed by atoms with van der Waals surface area (Å²) in [6.45, 7) is 1.46. The quantitative estimate of drug-likeness (QED) is 0.134. The molecule has 6 N–H and O–H groups in total. The summed E-state index contributed by atoms with van der Waals surface area (Å²) in [5, 5.41) is 21.2. The fourth-order valence-electron chi connectivity index (χ4n) is 4.29. The van der Waals surface area contributed by atoms with Gasteiger partial charge in [-0.25, -0.2) is 9.18 Å². The van der Waals surface area contributed by atoms with E-state index in [0.29, 0.717) is 28.9 Å². The van der Waals surface area contributed by atoms with Gasteiger partial charge in [0.1, 0.15) is 11.7 Å². The molecule has 0 fully saturated rings. The van der Waals surface area contributed by atoms with Crippen molar-refractivity contribution in [3.05, 3.63) is 99.9 Å². The van der Waals surface area contributed by atoms with Crippen molar-refractivity contribution in [3.63, 3.8) is 0 Å². The number of anilines is 1. The molecule has 0 saturated heterocycles. The topological polar surface area (TPSA) is 184 Å². The van der Waals surface area contributed by atoms with Crippen LogP contribution in [0.1, 0.15) is 49.9 Å². The van der Waals surface area contributed by atoms with E-state index in [1.165, 1.54) is 37.3 Å². The lowest BCUT2D eigenvalue weighted by atomic mass is 10.1. The first-order chi connectivity index (χ1) is 20.5. The van der Waals surface area contributed by atoms with E-state index in [-0.39, 0.29) is 30.1 Å². The van der Waals surface area contributed by atoms with E-state index in [2.05, 4.69) is 10.6 Å². The van der Waals surface area contributed by atoms with E-state index in [0.717, 1.165) is 12.5 Å². The van der Waals surface area contributed by atoms with Gasteiger partial charge in [0.15, 0.2) is 0 Å². The van der Waals surface area contributed by atoms with Crippen molar-refractivity contribution in [2.75, 3.05) is 19.5 Å². The molecular formula is C30H32FN5O7. The molecule has 13 heteroatoms. The molecule has 2 amide bonds. The Labute approximate surface area is 247 Å². The van der Waals surface area contributed by atoms with Crippen LogP contribution >= 0.6 is 0 Å². The van der Waals surface area contributed by atoms with Crippen LogP contribution in [0, 0.1) is 11.2 Å². The Hall–Kier alpha value is -5.30. The fourth-order valence-corrected chi connectivity index (χ4v) is 4.29. The second kappa shape index (κ2) is 14.5. The predicted octanol–water partition coefficient (Wildman–Crippen LogP) is 2.84. The van der Waals surface area contributed by atoms with Gasteiger partial charge in [-0.2, -0.15) is 0 Å². The van der Waals surface area contributed by atoms with Crippen LogP contribution in [0.25, 0.3) is 0 Å². The number of methoxy groups -OCH3 is 2. The van der Waals surface area contributed by atoms with Gasteiger partial charge in [0.05, 0.1) is 19.2 Å². The summed E-state index contributed by atoms with van der Waals surface area (Å²) in [6, 6.07) is 16.2. The van der Waals surface area contributed by atoms with E-state index in [1.54, 1.807) is 42.5 Å². The van der Waals surface area contributed by atoms with E-state index >= 15 is 0 Å². The average molecular weight is 594 g/mol. The number of esters is 1. The third kappa shape index (κ3) is 8.14. The maximum absolute atomic E-state index is 14.2. The maximum Gasteiger partial charge on any atom is 0.337 e. The Morgan fingerprint density at radius 2 is 1.72 bits per heavy atom. The molecule has 4 rings (SSSR count). The second-order valence-corrected chi connectivity index (χ2v) is 9.35. The number of hydrogen-bond donors (Lipinski definition) is 5. The van der Waals surface area contributed by atoms with Crippen LogP contribution in [0.2, 0.25) is 0 Å². The largest absolute Gasteiger partial charge is 0.481 e. The molecule has 0 aliphatic carbocycles. The summed E-state index contributed by atoms with van der Waals surface area (Å²) in [5.74, 6) is -2.95. The van der Waals surface area contributed by atoms with E-state index < -0.39 is 35.8 Å². The third-order valence-electron chi connectivity index (χ3n) is 6.40. The molecule has 0 spiro atoms. The number of carboxylic acid groups (broad SMARTS) is 1. The lowest BCUT2D eigenvalue weighted by Gasteiger charge is -2.25. The number of nitrogens with two attached hydrogens (primary N) is 1. The molecule has 43 heavy (non-hydrogen) atoms. The van der Waals surface area contributed by atoms with Crippen LogP contribution in [0.4, 0.5) is 10.1 Å². The minimum Gasteiger partial charge on any atom is -0.481 e. The molecule has 1 aliphatic rings. The highest BCUT2D eigenvalue weighted by molar-refractivity contribution is 6.01. The van der Waals surface area contributed by atoms with Crippen LogP contribution in [0.3, 0.4) is 0 Å². The number of carbonyl (C=O) groups excluding carboxylic acids is 3. The van der Waals surface area contributed by atoms with Gasteiger partial charge in [0.2, 0.25) is 6.23 Å². The predicted molar refractivity (Wildman–Crippen MR) is 155 cm³/mol. The van der Waals surface area contributed by atoms with Gasteiger partial charge in [-0.1, -0.05) is 30.3 Å². The molecule has 0 bridgehead atoms. The number of aliphatic carboxylic acids is 1. The van der Waals surface area contributed by atoms with Gasteiger partial charge in [0.25, 0.3) is 17.8 Å². The zero-order chi connectivity index (χ0) is 31.7. The number of halogens is 1. The van der Waals surface area contributed by atoms with Crippen LogP contribution < -0.4 is 16.4 Å². The van der Waals surface area contributed by atoms with Crippen LogP contribution in [0.15, 0.2) is 60.7 Å². The molecule has 1 atom stereocenters. The molecular weight excluding hydrogens is 561 g/mol. The number of benzene rings is 3. The zero-order valence-electron chi connectivity index (χ0n) is 23.8. The molecule has 226 valence electrons. The summed E-state index contributed by atoms with van der Waals surface area (Å²) in [6.07, 6.45) is -1.26. The summed E-state index contributed by atoms with van der Waals surface area (Å²) < 4.78 is 24.2. The van der Waals surface area contributed by atoms with Crippen LogP contribution in [-0.2, 0) is 38.7 Å². The summed E-state index contributed by atoms with van der Waals surface area (Å²) in [7, 11) is 2.62. The lowest BCUT2D eigenvalue weighted by molar-refractivity contribution is -0.140. The molecule has 12 nitrogen and oxygen atoms in total. The molecule has 3 aromatic rings. The number of carboxylic acids is 1. The van der Waals surface area contributed by atoms with E-state index in [1.807, 2.05) is 0 Å². The first-order valence-electron chi connectivity index (χ1n) is 12.9. The number of nitrogen functional groups attached to an aromatic ring is 1. The summed E-state index contributed by atoms with van der Waals surface area (Å²) >= 11 is 0. The number of rotatable bonds is 10. The monoisotopic (exact) mass is 593 g/mol. The van der Waals surface area contributed by atoms with Gasteiger partial charge in [-0.3, -0.25) is 19.8 Å². The molecule has 0 aromatic heterocycles. The van der Waals surface area contributed by atoms with E-state index in [9.17, 15) is 18.8 Å². The number of amides is 2. The molecule has 3 aromatic carbocycles. The third-order valence-corrected chi connectivity index (χ3v) is 6.40. The van der Waals surface area contributed by atoms with Crippen molar-refractivity contribution in [3.8, 4) is 0 Å². The van der Waals surface area contributed by atoms with Crippen molar-refractivity contribution in [2.24, 2.45) is 5.73 Å². The zero-order valence-corrected chi connectivity index (χ0v) is 23.8. The average Bonchev–Trinajstić information content (AvgIpc) is 3.32. The maximum atomic E-state index is 14.2. The van der Waals surface area contributed by atoms with Gasteiger partial charge in [-0.05, 0) is 41.5 Å². The van der Waals surface area contributed by atoms with Crippen LogP contribution in [0.5, 0.6) is 0 Å². The highest BCUT2D eigenvalue weighted by Crippen LogP contribution is 2.27. The van der Waals surface area contributed by atoms with Gasteiger partial charge < -0.3 is 35.8 Å². The van der Waals surface area contributed by atoms with Gasteiger partial charge >= 0.3 is 5.97 Å². The first-order valence-corrected chi connectivity index (χ1v) is 12.9. The van der Waals surface area contributed by atoms with Crippen LogP contribution in [-0.4, -0.2) is 60.0 Å². The SMILES string of the molecule is CC(=O)O.COC(=O)c1ccc(CNc2cc(C(=N)N)ccc2CNC(=O)C(OC)N2Cc3c(F)cccc3C2=O)cc1. The van der Waals surface area contributed by atoms with Gasteiger partial charge in [-0.15, -0.1) is 0 Å². The number of ether oxygens (including phenoxy) is 2. The van der Waals surface area contributed by atoms with Crippen molar-refractivity contribution in [1.82, 2.24) is 10.2 Å². The molecule has 0 saturated carbocycles. The smallest absolute Gasteiger partial charge is 0.337 e. The summed E-state index contributed by atoms with van der Waals surface area (Å²) in [5.41, 5.74) is 9.22. The number of amidine groups is 1. The highest BCUT2D eigenvalue weighted by atomic mass is 19.1. The van der Waals surface area contributed by atoms with Crippen molar-refractivity contribution in [2.45, 2.75) is 32.8 Å². The minimum absolute atomic E-state index is 0.0732. The van der Waals surface area contributed by atoms with Gasteiger partial charge in [0, 0.05) is 49.5 Å². The first kappa shape index (κ1) is 32.2. The standard InChI is InChI=1S/C28H28FN5O5.C2H4O2/c1-38-27(34-15-21-20(26(34)36)4-3-5-22(21)29)25(35)33-14-19-11-10-18(24(30)31)12-23(19)32-13-16-6-8-17(9-7-16)28(37)39-2;1-2(3)4/h3-12,27,32H,13-15H2,1-2H3,(H3,30,31)(H,33,35);1H3,(H,3,4). The number of hydrogen-bond acceptors (Lipinski definition) is 8. The number of nitrogens with one attached hydrogen (secondary N) is 3. The molecule has 1 heterocycles. The van der Waals surface area contributed by atoms with E-state index in [4.69, 9.17) is 30.5 Å². The Bertz CT molecular complexity index is 1520. The molecule has 0 radical (unpaired) electrons.